The Morgan fingerprint density at radius 1 is 1.20 bits per heavy atom. The van der Waals surface area contributed by atoms with Gasteiger partial charge in [-0.25, -0.2) is 4.39 Å². The summed E-state index contributed by atoms with van der Waals surface area (Å²) in [5.41, 5.74) is 1.42. The molecule has 0 amide bonds. The molecular formula is C16H14ClFOS. The SMILES string of the molecule is Cc1ccccc1SCC(=O)Cc1c(F)cccc1Cl. The van der Waals surface area contributed by atoms with Crippen LogP contribution in [0, 0.1) is 12.7 Å². The van der Waals surface area contributed by atoms with Crippen molar-refractivity contribution in [1.82, 2.24) is 0 Å². The molecule has 2 rings (SSSR count). The second-order valence-corrected chi connectivity index (χ2v) is 5.89. The molecule has 20 heavy (non-hydrogen) atoms. The van der Waals surface area contributed by atoms with E-state index < -0.39 is 5.82 Å². The Hall–Kier alpha value is -1.32. The van der Waals surface area contributed by atoms with Gasteiger partial charge in [-0.2, -0.15) is 0 Å². The number of benzene rings is 2. The lowest BCUT2D eigenvalue weighted by atomic mass is 10.1. The van der Waals surface area contributed by atoms with Crippen LogP contribution in [0.2, 0.25) is 5.02 Å². The normalized spacial score (nSPS) is 10.6. The molecule has 0 unspecified atom stereocenters. The number of carbonyl (C=O) groups excluding carboxylic acids is 1. The quantitative estimate of drug-likeness (QED) is 0.745. The second-order valence-electron chi connectivity index (χ2n) is 4.47. The van der Waals surface area contributed by atoms with E-state index in [1.165, 1.54) is 23.9 Å². The van der Waals surface area contributed by atoms with Crippen LogP contribution in [0.25, 0.3) is 0 Å². The average Bonchev–Trinajstić information content (AvgIpc) is 2.42. The molecular weight excluding hydrogens is 295 g/mol. The number of thioether (sulfide) groups is 1. The summed E-state index contributed by atoms with van der Waals surface area (Å²) in [6.45, 7) is 2.00. The first-order valence-corrected chi connectivity index (χ1v) is 7.57. The second kappa shape index (κ2) is 6.91. The van der Waals surface area contributed by atoms with Gasteiger partial charge in [0.25, 0.3) is 0 Å². The molecule has 1 nitrogen and oxygen atoms in total. The molecule has 0 fully saturated rings. The van der Waals surface area contributed by atoms with Crippen molar-refractivity contribution >= 4 is 29.1 Å². The highest BCUT2D eigenvalue weighted by Gasteiger charge is 2.12. The third-order valence-corrected chi connectivity index (χ3v) is 4.51. The molecule has 4 heteroatoms. The molecule has 0 saturated carbocycles. The van der Waals surface area contributed by atoms with Gasteiger partial charge in [0, 0.05) is 21.9 Å². The van der Waals surface area contributed by atoms with Gasteiger partial charge >= 0.3 is 0 Å². The topological polar surface area (TPSA) is 17.1 Å². The van der Waals surface area contributed by atoms with Crippen LogP contribution in [0.4, 0.5) is 4.39 Å². The van der Waals surface area contributed by atoms with Crippen LogP contribution in [0.5, 0.6) is 0 Å². The molecule has 0 atom stereocenters. The van der Waals surface area contributed by atoms with Gasteiger partial charge in [0.05, 0.1) is 5.75 Å². The number of Topliss-reactive ketones (excluding diaryl/α,β-unsaturated/α-hetero) is 1. The summed E-state index contributed by atoms with van der Waals surface area (Å²) >= 11 is 7.39. The molecule has 0 aliphatic carbocycles. The minimum absolute atomic E-state index is 0.0321. The summed E-state index contributed by atoms with van der Waals surface area (Å²) in [6, 6.07) is 12.3. The van der Waals surface area contributed by atoms with Gasteiger partial charge in [-0.1, -0.05) is 35.9 Å². The van der Waals surface area contributed by atoms with Crippen LogP contribution in [0.15, 0.2) is 47.4 Å². The Labute approximate surface area is 127 Å². The van der Waals surface area contributed by atoms with E-state index in [4.69, 9.17) is 11.6 Å². The largest absolute Gasteiger partial charge is 0.298 e. The first-order chi connectivity index (χ1) is 9.58. The zero-order valence-corrected chi connectivity index (χ0v) is 12.6. The van der Waals surface area contributed by atoms with E-state index in [-0.39, 0.29) is 17.8 Å². The summed E-state index contributed by atoms with van der Waals surface area (Å²) in [5.74, 6) is -0.146. The molecule has 2 aromatic rings. The van der Waals surface area contributed by atoms with Gasteiger partial charge in [-0.3, -0.25) is 4.79 Å². The number of hydrogen-bond acceptors (Lipinski definition) is 2. The zero-order chi connectivity index (χ0) is 14.5. The lowest BCUT2D eigenvalue weighted by molar-refractivity contribution is -0.116. The fraction of sp³-hybridized carbons (Fsp3) is 0.188. The fourth-order valence-electron chi connectivity index (χ4n) is 1.83. The first kappa shape index (κ1) is 15.1. The highest BCUT2D eigenvalue weighted by molar-refractivity contribution is 8.00. The van der Waals surface area contributed by atoms with Gasteiger partial charge in [0.15, 0.2) is 0 Å². The van der Waals surface area contributed by atoms with Crippen molar-refractivity contribution in [2.45, 2.75) is 18.2 Å². The van der Waals surface area contributed by atoms with Crippen molar-refractivity contribution in [3.05, 3.63) is 64.4 Å². The molecule has 0 N–H and O–H groups in total. The molecule has 0 aromatic heterocycles. The summed E-state index contributed by atoms with van der Waals surface area (Å²) in [7, 11) is 0. The summed E-state index contributed by atoms with van der Waals surface area (Å²) in [4.78, 5) is 13.0. The number of carbonyl (C=O) groups is 1. The summed E-state index contributed by atoms with van der Waals surface area (Å²) < 4.78 is 13.6. The molecule has 0 spiro atoms. The molecule has 0 heterocycles. The van der Waals surface area contributed by atoms with Crippen LogP contribution in [-0.2, 0) is 11.2 Å². The van der Waals surface area contributed by atoms with Crippen molar-refractivity contribution in [1.29, 1.82) is 0 Å². The van der Waals surface area contributed by atoms with Crippen molar-refractivity contribution in [2.75, 3.05) is 5.75 Å². The maximum Gasteiger partial charge on any atom is 0.147 e. The lowest BCUT2D eigenvalue weighted by Crippen LogP contribution is -2.08. The Kier molecular flexibility index (Phi) is 5.21. The van der Waals surface area contributed by atoms with E-state index in [1.54, 1.807) is 6.07 Å². The molecule has 0 radical (unpaired) electrons. The molecule has 104 valence electrons. The molecule has 0 saturated heterocycles. The number of hydrogen-bond donors (Lipinski definition) is 0. The fourth-order valence-corrected chi connectivity index (χ4v) is 2.94. The third-order valence-electron chi connectivity index (χ3n) is 2.92. The van der Waals surface area contributed by atoms with Gasteiger partial charge in [0.1, 0.15) is 11.6 Å². The predicted molar refractivity (Wildman–Crippen MR) is 82.0 cm³/mol. The standard InChI is InChI=1S/C16H14ClFOS/c1-11-5-2-3-8-16(11)20-10-12(19)9-13-14(17)6-4-7-15(13)18/h2-8H,9-10H2,1H3. The van der Waals surface area contributed by atoms with E-state index in [0.717, 1.165) is 10.5 Å². The highest BCUT2D eigenvalue weighted by atomic mass is 35.5. The number of rotatable bonds is 5. The molecule has 2 aromatic carbocycles. The minimum Gasteiger partial charge on any atom is -0.298 e. The number of ketones is 1. The van der Waals surface area contributed by atoms with Gasteiger partial charge in [-0.15, -0.1) is 11.8 Å². The molecule has 0 bridgehead atoms. The van der Waals surface area contributed by atoms with Crippen LogP contribution in [-0.4, -0.2) is 11.5 Å². The average molecular weight is 309 g/mol. The van der Waals surface area contributed by atoms with Gasteiger partial charge in [-0.05, 0) is 30.7 Å². The number of halogens is 2. The Morgan fingerprint density at radius 2 is 1.95 bits per heavy atom. The van der Waals surface area contributed by atoms with Crippen molar-refractivity contribution in [3.63, 3.8) is 0 Å². The van der Waals surface area contributed by atoms with Gasteiger partial charge in [0.2, 0.25) is 0 Å². The Balaban J connectivity index is 1.98. The Bertz CT molecular complexity index is 607. The van der Waals surface area contributed by atoms with Crippen LogP contribution in [0.1, 0.15) is 11.1 Å². The number of aryl methyl sites for hydroxylation is 1. The smallest absolute Gasteiger partial charge is 0.147 e. The van der Waals surface area contributed by atoms with E-state index in [2.05, 4.69) is 0 Å². The maximum absolute atomic E-state index is 13.6. The van der Waals surface area contributed by atoms with Crippen molar-refractivity contribution in [2.24, 2.45) is 0 Å². The Morgan fingerprint density at radius 3 is 2.65 bits per heavy atom. The van der Waals surface area contributed by atoms with E-state index in [0.29, 0.717) is 10.8 Å². The van der Waals surface area contributed by atoms with E-state index in [1.807, 2.05) is 31.2 Å². The predicted octanol–water partition coefficient (Wildman–Crippen LogP) is 4.69. The minimum atomic E-state index is -0.424. The van der Waals surface area contributed by atoms with Crippen molar-refractivity contribution in [3.8, 4) is 0 Å². The molecule has 0 aliphatic rings. The first-order valence-electron chi connectivity index (χ1n) is 6.21. The van der Waals surface area contributed by atoms with Crippen LogP contribution >= 0.6 is 23.4 Å². The molecule has 0 aliphatic heterocycles. The van der Waals surface area contributed by atoms with Crippen molar-refractivity contribution < 1.29 is 9.18 Å². The summed E-state index contributed by atoms with van der Waals surface area (Å²) in [5, 5.41) is 0.305. The highest BCUT2D eigenvalue weighted by Crippen LogP contribution is 2.24. The van der Waals surface area contributed by atoms with Crippen LogP contribution < -0.4 is 0 Å². The van der Waals surface area contributed by atoms with E-state index >= 15 is 0 Å². The lowest BCUT2D eigenvalue weighted by Gasteiger charge is -2.06. The summed E-state index contributed by atoms with van der Waals surface area (Å²) in [6.07, 6.45) is 0.0321. The van der Waals surface area contributed by atoms with Crippen LogP contribution in [0.3, 0.4) is 0 Å². The zero-order valence-electron chi connectivity index (χ0n) is 11.0. The van der Waals surface area contributed by atoms with Gasteiger partial charge < -0.3 is 0 Å². The third kappa shape index (κ3) is 3.84. The maximum atomic E-state index is 13.6. The monoisotopic (exact) mass is 308 g/mol. The van der Waals surface area contributed by atoms with E-state index in [9.17, 15) is 9.18 Å².